The standard InChI is InChI=1S/C7H10F7NO4S2/c1-2-3-5(8,9)4-6(10,11)20(16,17)15-21(18,19)7(12,13)14/h15H,2-4H2,1H3. The molecular formula is C7H10F7NO4S2. The van der Waals surface area contributed by atoms with Crippen LogP contribution in [0.3, 0.4) is 0 Å². The van der Waals surface area contributed by atoms with Crippen LogP contribution in [-0.4, -0.2) is 33.5 Å². The second-order valence-electron chi connectivity index (χ2n) is 3.96. The molecule has 0 aromatic heterocycles. The molecule has 0 rings (SSSR count). The number of hydrogen-bond acceptors (Lipinski definition) is 4. The van der Waals surface area contributed by atoms with E-state index in [4.69, 9.17) is 0 Å². The first kappa shape index (κ1) is 20.4. The highest BCUT2D eigenvalue weighted by atomic mass is 32.3. The first-order valence-corrected chi connectivity index (χ1v) is 8.04. The monoisotopic (exact) mass is 369 g/mol. The van der Waals surface area contributed by atoms with Gasteiger partial charge in [-0.2, -0.15) is 22.0 Å². The fourth-order valence-corrected chi connectivity index (χ4v) is 3.53. The van der Waals surface area contributed by atoms with Crippen LogP contribution in [0.2, 0.25) is 0 Å². The Hall–Kier alpha value is -0.630. The molecule has 0 aliphatic rings. The SMILES string of the molecule is CCCC(F)(F)CC(F)(F)S(=O)(=O)NS(=O)(=O)C(F)(F)F. The molecule has 0 saturated carbocycles. The van der Waals surface area contributed by atoms with Crippen molar-refractivity contribution in [2.24, 2.45) is 0 Å². The van der Waals surface area contributed by atoms with Crippen molar-refractivity contribution in [3.8, 4) is 0 Å². The molecule has 14 heteroatoms. The number of nitrogens with one attached hydrogen (secondary N) is 1. The molecule has 0 aromatic rings. The summed E-state index contributed by atoms with van der Waals surface area (Å²) in [5.41, 5.74) is -6.19. The fourth-order valence-electron chi connectivity index (χ4n) is 1.10. The summed E-state index contributed by atoms with van der Waals surface area (Å²) in [5.74, 6) is -4.20. The van der Waals surface area contributed by atoms with Crippen LogP contribution in [0.25, 0.3) is 0 Å². The average Bonchev–Trinajstić information content (AvgIpc) is 2.10. The Balaban J connectivity index is 5.43. The molecule has 0 amide bonds. The quantitative estimate of drug-likeness (QED) is 0.698. The van der Waals surface area contributed by atoms with Crippen molar-refractivity contribution in [1.82, 2.24) is 4.13 Å². The molecule has 0 unspecified atom stereocenters. The van der Waals surface area contributed by atoms with Crippen LogP contribution >= 0.6 is 0 Å². The Morgan fingerprint density at radius 2 is 1.29 bits per heavy atom. The van der Waals surface area contributed by atoms with Gasteiger partial charge in [-0.1, -0.05) is 17.5 Å². The highest BCUT2D eigenvalue weighted by Gasteiger charge is 2.57. The summed E-state index contributed by atoms with van der Waals surface area (Å²) in [6, 6.07) is 0. The Kier molecular flexibility index (Phi) is 5.69. The number of sulfonamides is 2. The lowest BCUT2D eigenvalue weighted by Gasteiger charge is -2.23. The lowest BCUT2D eigenvalue weighted by Crippen LogP contribution is -2.49. The second kappa shape index (κ2) is 5.87. The van der Waals surface area contributed by atoms with E-state index < -0.39 is 49.6 Å². The summed E-state index contributed by atoms with van der Waals surface area (Å²) in [4.78, 5) is 0. The van der Waals surface area contributed by atoms with Gasteiger partial charge < -0.3 is 0 Å². The predicted molar refractivity (Wildman–Crippen MR) is 56.4 cm³/mol. The van der Waals surface area contributed by atoms with Crippen LogP contribution in [0.4, 0.5) is 30.7 Å². The molecular weight excluding hydrogens is 359 g/mol. The van der Waals surface area contributed by atoms with Crippen LogP contribution in [0, 0.1) is 0 Å². The van der Waals surface area contributed by atoms with Crippen LogP contribution in [0.1, 0.15) is 26.2 Å². The van der Waals surface area contributed by atoms with E-state index >= 15 is 0 Å². The summed E-state index contributed by atoms with van der Waals surface area (Å²) in [6.07, 6.45) is -4.10. The van der Waals surface area contributed by atoms with Gasteiger partial charge in [-0.25, -0.2) is 25.6 Å². The van der Waals surface area contributed by atoms with Crippen molar-refractivity contribution >= 4 is 20.0 Å². The molecule has 0 aliphatic carbocycles. The van der Waals surface area contributed by atoms with E-state index in [1.165, 1.54) is 6.92 Å². The number of hydrogen-bond donors (Lipinski definition) is 1. The number of rotatable bonds is 7. The minimum atomic E-state index is -6.67. The fraction of sp³-hybridized carbons (Fsp3) is 1.00. The summed E-state index contributed by atoms with van der Waals surface area (Å²) in [5, 5.41) is -5.41. The zero-order chi connectivity index (χ0) is 17.3. The molecule has 0 spiro atoms. The normalized spacial score (nSPS) is 15.2. The van der Waals surface area contributed by atoms with Gasteiger partial charge in [0.1, 0.15) is 0 Å². The molecule has 0 atom stereocenters. The van der Waals surface area contributed by atoms with E-state index in [1.807, 2.05) is 0 Å². The number of alkyl halides is 7. The largest absolute Gasteiger partial charge is 0.512 e. The molecule has 5 nitrogen and oxygen atoms in total. The Morgan fingerprint density at radius 1 is 0.857 bits per heavy atom. The van der Waals surface area contributed by atoms with E-state index in [2.05, 4.69) is 0 Å². The number of halogens is 7. The van der Waals surface area contributed by atoms with E-state index in [9.17, 15) is 47.6 Å². The highest BCUT2D eigenvalue weighted by Crippen LogP contribution is 2.37. The van der Waals surface area contributed by atoms with Crippen LogP contribution < -0.4 is 4.13 Å². The molecule has 21 heavy (non-hydrogen) atoms. The summed E-state index contributed by atoms with van der Waals surface area (Å²) < 4.78 is 131. The Bertz CT molecular complexity index is 566. The zero-order valence-corrected chi connectivity index (χ0v) is 11.8. The highest BCUT2D eigenvalue weighted by molar-refractivity contribution is 8.05. The third kappa shape index (κ3) is 5.25. The van der Waals surface area contributed by atoms with Gasteiger partial charge in [-0.05, 0) is 0 Å². The van der Waals surface area contributed by atoms with E-state index in [0.29, 0.717) is 0 Å². The van der Waals surface area contributed by atoms with Crippen LogP contribution in [0.5, 0.6) is 0 Å². The van der Waals surface area contributed by atoms with Gasteiger partial charge in [0, 0.05) is 6.42 Å². The molecule has 0 saturated heterocycles. The van der Waals surface area contributed by atoms with E-state index in [1.54, 1.807) is 0 Å². The first-order chi connectivity index (χ1) is 8.97. The summed E-state index contributed by atoms with van der Waals surface area (Å²) in [7, 11) is -13.2. The van der Waals surface area contributed by atoms with Gasteiger partial charge in [0.05, 0.1) is 6.42 Å². The van der Waals surface area contributed by atoms with Crippen molar-refractivity contribution in [2.75, 3.05) is 0 Å². The van der Waals surface area contributed by atoms with Crippen molar-refractivity contribution in [3.63, 3.8) is 0 Å². The van der Waals surface area contributed by atoms with Gasteiger partial charge in [0.15, 0.2) is 0 Å². The Morgan fingerprint density at radius 3 is 1.62 bits per heavy atom. The topological polar surface area (TPSA) is 80.3 Å². The molecule has 0 bridgehead atoms. The minimum absolute atomic E-state index is 0.286. The second-order valence-corrected chi connectivity index (χ2v) is 7.70. The van der Waals surface area contributed by atoms with Gasteiger partial charge in [0.2, 0.25) is 0 Å². The molecule has 0 radical (unpaired) electrons. The van der Waals surface area contributed by atoms with E-state index in [0.717, 1.165) is 0 Å². The van der Waals surface area contributed by atoms with Crippen molar-refractivity contribution < 1.29 is 47.6 Å². The van der Waals surface area contributed by atoms with Crippen molar-refractivity contribution in [2.45, 2.75) is 42.9 Å². The van der Waals surface area contributed by atoms with E-state index in [-0.39, 0.29) is 10.5 Å². The average molecular weight is 369 g/mol. The molecule has 0 heterocycles. The predicted octanol–water partition coefficient (Wildman–Crippen LogP) is 2.17. The third-order valence-corrected chi connectivity index (χ3v) is 5.29. The molecule has 1 N–H and O–H groups in total. The van der Waals surface area contributed by atoms with Gasteiger partial charge in [-0.3, -0.25) is 0 Å². The summed E-state index contributed by atoms with van der Waals surface area (Å²) >= 11 is 0. The maximum Gasteiger partial charge on any atom is 0.512 e. The van der Waals surface area contributed by atoms with Crippen LogP contribution in [-0.2, 0) is 20.0 Å². The van der Waals surface area contributed by atoms with Crippen molar-refractivity contribution in [1.29, 1.82) is 0 Å². The maximum absolute atomic E-state index is 13.2. The lowest BCUT2D eigenvalue weighted by atomic mass is 10.1. The molecule has 128 valence electrons. The molecule has 0 aliphatic heterocycles. The van der Waals surface area contributed by atoms with Gasteiger partial charge >= 0.3 is 20.8 Å². The first-order valence-electron chi connectivity index (χ1n) is 5.07. The lowest BCUT2D eigenvalue weighted by molar-refractivity contribution is -0.0767. The zero-order valence-electron chi connectivity index (χ0n) is 10.2. The maximum atomic E-state index is 13.2. The molecule has 0 aromatic carbocycles. The Labute approximate surface area is 115 Å². The van der Waals surface area contributed by atoms with Crippen molar-refractivity contribution in [3.05, 3.63) is 0 Å². The smallest absolute Gasteiger partial charge is 0.207 e. The third-order valence-electron chi connectivity index (χ3n) is 2.00. The molecule has 0 fully saturated rings. The summed E-state index contributed by atoms with van der Waals surface area (Å²) in [6.45, 7) is 1.17. The van der Waals surface area contributed by atoms with Gasteiger partial charge in [0.25, 0.3) is 15.9 Å². The van der Waals surface area contributed by atoms with Crippen LogP contribution in [0.15, 0.2) is 0 Å². The minimum Gasteiger partial charge on any atom is -0.207 e. The van der Waals surface area contributed by atoms with Gasteiger partial charge in [-0.15, -0.1) is 0 Å².